The van der Waals surface area contributed by atoms with Gasteiger partial charge in [-0.15, -0.1) is 0 Å². The summed E-state index contributed by atoms with van der Waals surface area (Å²) in [6, 6.07) is 17.2. The van der Waals surface area contributed by atoms with Gasteiger partial charge in [0.15, 0.2) is 11.5 Å². The number of amides is 2. The number of ether oxygens (including phenoxy) is 5. The van der Waals surface area contributed by atoms with Crippen LogP contribution >= 0.6 is 0 Å². The van der Waals surface area contributed by atoms with Crippen LogP contribution in [-0.2, 0) is 4.74 Å². The van der Waals surface area contributed by atoms with Gasteiger partial charge in [-0.3, -0.25) is 9.59 Å². The zero-order valence-corrected chi connectivity index (χ0v) is 22.4. The molecule has 2 amide bonds. The van der Waals surface area contributed by atoms with Gasteiger partial charge in [0.2, 0.25) is 5.88 Å². The van der Waals surface area contributed by atoms with E-state index in [1.165, 1.54) is 0 Å². The SMILES string of the molecule is COCCOc1cc(OC)c2cc(C(=O)Nc3cc(NC(=O)c4ccc5c(c4)OCCO5)ccc3C)ccc2n1. The number of fused-ring (bicyclic) bond motifs is 2. The molecule has 0 saturated carbocycles. The minimum atomic E-state index is -0.317. The van der Waals surface area contributed by atoms with Crippen LogP contribution in [0.2, 0.25) is 0 Å². The molecule has 0 radical (unpaired) electrons. The molecule has 3 aromatic carbocycles. The van der Waals surface area contributed by atoms with Gasteiger partial charge in [0.05, 0.1) is 19.2 Å². The number of anilines is 2. The molecule has 0 bridgehead atoms. The monoisotopic (exact) mass is 543 g/mol. The Morgan fingerprint density at radius 2 is 1.60 bits per heavy atom. The third kappa shape index (κ3) is 5.92. The smallest absolute Gasteiger partial charge is 0.255 e. The Labute approximate surface area is 231 Å². The van der Waals surface area contributed by atoms with Crippen molar-refractivity contribution in [3.63, 3.8) is 0 Å². The molecule has 10 nitrogen and oxygen atoms in total. The number of carbonyl (C=O) groups is 2. The number of carbonyl (C=O) groups excluding carboxylic acids is 2. The summed E-state index contributed by atoms with van der Waals surface area (Å²) >= 11 is 0. The first-order valence-corrected chi connectivity index (χ1v) is 12.7. The zero-order valence-electron chi connectivity index (χ0n) is 22.4. The minimum absolute atomic E-state index is 0.308. The summed E-state index contributed by atoms with van der Waals surface area (Å²) in [5, 5.41) is 6.49. The molecule has 40 heavy (non-hydrogen) atoms. The van der Waals surface area contributed by atoms with Crippen molar-refractivity contribution in [1.29, 1.82) is 0 Å². The standard InChI is InChI=1S/C30H29N3O7/c1-18-4-7-21(31-29(34)20-6-9-25-27(15-20)39-13-12-38-25)16-24(18)33-30(35)19-5-8-23-22(14-19)26(37-3)17-28(32-23)40-11-10-36-2/h4-9,14-17H,10-13H2,1-3H3,(H,31,34)(H,33,35). The molecule has 2 N–H and O–H groups in total. The summed E-state index contributed by atoms with van der Waals surface area (Å²) in [7, 11) is 3.15. The van der Waals surface area contributed by atoms with E-state index in [2.05, 4.69) is 15.6 Å². The second-order valence-electron chi connectivity index (χ2n) is 9.03. The second kappa shape index (κ2) is 11.9. The van der Waals surface area contributed by atoms with Crippen molar-refractivity contribution in [2.75, 3.05) is 51.3 Å². The summed E-state index contributed by atoms with van der Waals surface area (Å²) in [6.07, 6.45) is 0. The Balaban J connectivity index is 1.32. The van der Waals surface area contributed by atoms with Gasteiger partial charge in [-0.25, -0.2) is 4.98 Å². The van der Waals surface area contributed by atoms with E-state index in [0.717, 1.165) is 5.56 Å². The Morgan fingerprint density at radius 1 is 0.850 bits per heavy atom. The summed E-state index contributed by atoms with van der Waals surface area (Å²) in [6.45, 7) is 3.58. The third-order valence-corrected chi connectivity index (χ3v) is 6.31. The molecule has 1 aromatic heterocycles. The molecular weight excluding hydrogens is 514 g/mol. The molecular formula is C30H29N3O7. The summed E-state index contributed by atoms with van der Waals surface area (Å²) in [5.41, 5.74) is 3.42. The van der Waals surface area contributed by atoms with Crippen LogP contribution in [-0.4, -0.2) is 57.4 Å². The van der Waals surface area contributed by atoms with E-state index in [0.29, 0.717) is 83.0 Å². The lowest BCUT2D eigenvalue weighted by molar-refractivity contribution is 0.101. The minimum Gasteiger partial charge on any atom is -0.496 e. The second-order valence-corrected chi connectivity index (χ2v) is 9.03. The maximum Gasteiger partial charge on any atom is 0.255 e. The van der Waals surface area contributed by atoms with Gasteiger partial charge in [-0.05, 0) is 61.0 Å². The van der Waals surface area contributed by atoms with Crippen molar-refractivity contribution in [3.8, 4) is 23.1 Å². The third-order valence-electron chi connectivity index (χ3n) is 6.31. The predicted octanol–water partition coefficient (Wildman–Crippen LogP) is 4.85. The Kier molecular flexibility index (Phi) is 7.97. The first-order chi connectivity index (χ1) is 19.4. The van der Waals surface area contributed by atoms with Gasteiger partial charge in [-0.1, -0.05) is 6.07 Å². The van der Waals surface area contributed by atoms with E-state index in [1.54, 1.807) is 68.8 Å². The average molecular weight is 544 g/mol. The normalized spacial score (nSPS) is 12.1. The van der Waals surface area contributed by atoms with Crippen molar-refractivity contribution in [2.24, 2.45) is 0 Å². The topological polar surface area (TPSA) is 117 Å². The number of pyridine rings is 1. The van der Waals surface area contributed by atoms with Gasteiger partial charge in [0.25, 0.3) is 11.8 Å². The van der Waals surface area contributed by atoms with Crippen LogP contribution in [0.3, 0.4) is 0 Å². The van der Waals surface area contributed by atoms with Gasteiger partial charge in [-0.2, -0.15) is 0 Å². The fourth-order valence-corrected chi connectivity index (χ4v) is 4.20. The molecule has 1 aliphatic rings. The highest BCUT2D eigenvalue weighted by molar-refractivity contribution is 6.08. The number of nitrogens with zero attached hydrogens (tertiary/aromatic N) is 1. The fraction of sp³-hybridized carbons (Fsp3) is 0.233. The number of aryl methyl sites for hydroxylation is 1. The van der Waals surface area contributed by atoms with Crippen LogP contribution in [0.25, 0.3) is 10.9 Å². The maximum absolute atomic E-state index is 13.2. The first kappa shape index (κ1) is 26.8. The molecule has 5 rings (SSSR count). The van der Waals surface area contributed by atoms with Crippen molar-refractivity contribution >= 4 is 34.1 Å². The van der Waals surface area contributed by atoms with E-state index in [9.17, 15) is 9.59 Å². The largest absolute Gasteiger partial charge is 0.496 e. The Bertz CT molecular complexity index is 1570. The van der Waals surface area contributed by atoms with Crippen LogP contribution < -0.4 is 29.6 Å². The van der Waals surface area contributed by atoms with Crippen molar-refractivity contribution in [2.45, 2.75) is 6.92 Å². The molecule has 0 unspecified atom stereocenters. The van der Waals surface area contributed by atoms with Gasteiger partial charge in [0, 0.05) is 41.1 Å². The highest BCUT2D eigenvalue weighted by Crippen LogP contribution is 2.32. The highest BCUT2D eigenvalue weighted by atomic mass is 16.6. The quantitative estimate of drug-likeness (QED) is 0.288. The van der Waals surface area contributed by atoms with E-state index < -0.39 is 0 Å². The van der Waals surface area contributed by atoms with Crippen LogP contribution in [0, 0.1) is 6.92 Å². The predicted molar refractivity (Wildman–Crippen MR) is 150 cm³/mol. The number of hydrogen-bond acceptors (Lipinski definition) is 8. The number of aromatic nitrogens is 1. The molecule has 10 heteroatoms. The molecule has 206 valence electrons. The fourth-order valence-electron chi connectivity index (χ4n) is 4.20. The van der Waals surface area contributed by atoms with Gasteiger partial charge in [0.1, 0.15) is 25.6 Å². The zero-order chi connectivity index (χ0) is 28.1. The van der Waals surface area contributed by atoms with E-state index in [-0.39, 0.29) is 11.8 Å². The lowest BCUT2D eigenvalue weighted by Crippen LogP contribution is -2.17. The van der Waals surface area contributed by atoms with Crippen LogP contribution in [0.15, 0.2) is 60.7 Å². The number of benzene rings is 3. The van der Waals surface area contributed by atoms with Gasteiger partial charge < -0.3 is 34.3 Å². The van der Waals surface area contributed by atoms with E-state index in [4.69, 9.17) is 23.7 Å². The number of hydrogen-bond donors (Lipinski definition) is 2. The Morgan fingerprint density at radius 3 is 2.40 bits per heavy atom. The molecule has 0 saturated heterocycles. The van der Waals surface area contributed by atoms with Crippen LogP contribution in [0.4, 0.5) is 11.4 Å². The number of nitrogens with one attached hydrogen (secondary N) is 2. The number of methoxy groups -OCH3 is 2. The van der Waals surface area contributed by atoms with E-state index in [1.807, 2.05) is 13.0 Å². The molecule has 0 aliphatic carbocycles. The number of rotatable bonds is 9. The van der Waals surface area contributed by atoms with Crippen molar-refractivity contribution < 1.29 is 33.3 Å². The summed E-state index contributed by atoms with van der Waals surface area (Å²) < 4.78 is 27.3. The highest BCUT2D eigenvalue weighted by Gasteiger charge is 2.17. The molecule has 0 fully saturated rings. The van der Waals surface area contributed by atoms with Crippen molar-refractivity contribution in [3.05, 3.63) is 77.4 Å². The van der Waals surface area contributed by atoms with Crippen LogP contribution in [0.5, 0.6) is 23.1 Å². The average Bonchev–Trinajstić information content (AvgIpc) is 2.98. The first-order valence-electron chi connectivity index (χ1n) is 12.7. The van der Waals surface area contributed by atoms with Crippen molar-refractivity contribution in [1.82, 2.24) is 4.98 Å². The molecule has 1 aliphatic heterocycles. The van der Waals surface area contributed by atoms with Gasteiger partial charge >= 0.3 is 0 Å². The van der Waals surface area contributed by atoms with E-state index >= 15 is 0 Å². The summed E-state index contributed by atoms with van der Waals surface area (Å²) in [5.74, 6) is 1.46. The summed E-state index contributed by atoms with van der Waals surface area (Å²) in [4.78, 5) is 30.6. The Hall–Kier alpha value is -4.83. The lowest BCUT2D eigenvalue weighted by Gasteiger charge is -2.18. The maximum atomic E-state index is 13.2. The molecule has 2 heterocycles. The molecule has 0 atom stereocenters. The molecule has 4 aromatic rings. The lowest BCUT2D eigenvalue weighted by atomic mass is 10.1. The van der Waals surface area contributed by atoms with Crippen LogP contribution in [0.1, 0.15) is 26.3 Å². The molecule has 0 spiro atoms.